The van der Waals surface area contributed by atoms with Crippen LogP contribution in [0.25, 0.3) is 16.6 Å². The molecule has 4 N–H and O–H groups in total. The average molecular weight is 297 g/mol. The molecule has 4 rings (SSSR count). The number of piperidine rings is 1. The summed E-state index contributed by atoms with van der Waals surface area (Å²) in [6.45, 7) is 2.35. The molecule has 1 aromatic heterocycles. The van der Waals surface area contributed by atoms with Crippen molar-refractivity contribution in [2.24, 2.45) is 0 Å². The van der Waals surface area contributed by atoms with E-state index in [2.05, 4.69) is 15.3 Å². The van der Waals surface area contributed by atoms with E-state index >= 15 is 0 Å². The van der Waals surface area contributed by atoms with Gasteiger partial charge in [-0.1, -0.05) is 12.1 Å². The topological polar surface area (TPSA) is 88.0 Å². The molecule has 6 nitrogen and oxygen atoms in total. The fourth-order valence-corrected chi connectivity index (χ4v) is 3.35. The van der Waals surface area contributed by atoms with Crippen LogP contribution in [-0.2, 0) is 0 Å². The van der Waals surface area contributed by atoms with Gasteiger partial charge in [-0.15, -0.1) is 0 Å². The summed E-state index contributed by atoms with van der Waals surface area (Å²) in [5.41, 5.74) is 2.31. The predicted molar refractivity (Wildman–Crippen MR) is 86.0 cm³/mol. The van der Waals surface area contributed by atoms with Crippen molar-refractivity contribution in [3.8, 4) is 0 Å². The number of nitrogens with one attached hydrogen (secondary N) is 3. The van der Waals surface area contributed by atoms with Gasteiger partial charge < -0.3 is 20.3 Å². The third-order valence-corrected chi connectivity index (χ3v) is 4.51. The summed E-state index contributed by atoms with van der Waals surface area (Å²) in [6.07, 6.45) is 2.01. The molecule has 0 amide bonds. The van der Waals surface area contributed by atoms with E-state index in [-0.39, 0.29) is 5.76 Å². The molecular weight excluding hydrogens is 278 g/mol. The normalized spacial score (nSPS) is 20.4. The Bertz CT molecular complexity index is 724. The maximum absolute atomic E-state index is 10.4. The minimum atomic E-state index is 0.239. The lowest BCUT2D eigenvalue weighted by Gasteiger charge is -2.32. The van der Waals surface area contributed by atoms with E-state index in [4.69, 9.17) is 5.41 Å². The van der Waals surface area contributed by atoms with Crippen LogP contribution in [0.4, 0.5) is 0 Å². The molecule has 0 saturated carbocycles. The van der Waals surface area contributed by atoms with E-state index in [0.717, 1.165) is 37.0 Å². The molecule has 0 radical (unpaired) electrons. The van der Waals surface area contributed by atoms with Crippen molar-refractivity contribution in [3.63, 3.8) is 0 Å². The van der Waals surface area contributed by atoms with Crippen molar-refractivity contribution in [2.75, 3.05) is 19.6 Å². The third kappa shape index (κ3) is 2.07. The second-order valence-corrected chi connectivity index (χ2v) is 5.88. The number of fused-ring (bicyclic) bond motifs is 1. The first kappa shape index (κ1) is 13.3. The first-order valence-corrected chi connectivity index (χ1v) is 7.67. The Morgan fingerprint density at radius 1 is 1.23 bits per heavy atom. The number of para-hydroxylation sites is 2. The van der Waals surface area contributed by atoms with E-state index in [1.54, 1.807) is 0 Å². The summed E-state index contributed by atoms with van der Waals surface area (Å²) in [4.78, 5) is 9.73. The van der Waals surface area contributed by atoms with Crippen LogP contribution in [0.2, 0.25) is 0 Å². The highest BCUT2D eigenvalue weighted by atomic mass is 16.3. The summed E-state index contributed by atoms with van der Waals surface area (Å²) >= 11 is 0. The molecule has 2 aromatic rings. The number of aliphatic hydroxyl groups excluding tert-OH is 1. The van der Waals surface area contributed by atoms with Gasteiger partial charge in [0.1, 0.15) is 17.4 Å². The van der Waals surface area contributed by atoms with Crippen LogP contribution >= 0.6 is 0 Å². The number of aliphatic hydroxyl groups is 1. The predicted octanol–water partition coefficient (Wildman–Crippen LogP) is 1.88. The molecular formula is C16H19N5O. The van der Waals surface area contributed by atoms with Gasteiger partial charge in [-0.25, -0.2) is 4.98 Å². The molecule has 2 aliphatic heterocycles. The SMILES string of the molecule is N=C1C(c2nc3ccccc3[nH]2)=C(O)CN1C1CCNCC1. The van der Waals surface area contributed by atoms with Crippen LogP contribution in [0, 0.1) is 5.41 Å². The molecule has 0 aliphatic carbocycles. The Morgan fingerprint density at radius 2 is 2.00 bits per heavy atom. The Balaban J connectivity index is 1.66. The number of hydrogen-bond acceptors (Lipinski definition) is 4. The number of rotatable bonds is 2. The van der Waals surface area contributed by atoms with Crippen LogP contribution in [0.1, 0.15) is 18.7 Å². The van der Waals surface area contributed by atoms with Crippen molar-refractivity contribution in [3.05, 3.63) is 35.8 Å². The van der Waals surface area contributed by atoms with Crippen LogP contribution in [0.5, 0.6) is 0 Å². The number of nitrogens with zero attached hydrogens (tertiary/aromatic N) is 2. The Hall–Kier alpha value is -2.34. The number of benzene rings is 1. The number of hydrogen-bond donors (Lipinski definition) is 4. The van der Waals surface area contributed by atoms with Gasteiger partial charge in [-0.2, -0.15) is 0 Å². The number of amidine groups is 1. The van der Waals surface area contributed by atoms with Gasteiger partial charge in [0.2, 0.25) is 0 Å². The number of aromatic nitrogens is 2. The molecule has 0 bridgehead atoms. The first-order valence-electron chi connectivity index (χ1n) is 7.67. The fourth-order valence-electron chi connectivity index (χ4n) is 3.35. The molecule has 22 heavy (non-hydrogen) atoms. The second-order valence-electron chi connectivity index (χ2n) is 5.88. The molecule has 6 heteroatoms. The second kappa shape index (κ2) is 5.14. The van der Waals surface area contributed by atoms with Gasteiger partial charge in [-0.05, 0) is 38.1 Å². The third-order valence-electron chi connectivity index (χ3n) is 4.51. The highest BCUT2D eigenvalue weighted by molar-refractivity contribution is 6.23. The summed E-state index contributed by atoms with van der Waals surface area (Å²) in [7, 11) is 0. The Morgan fingerprint density at radius 3 is 2.77 bits per heavy atom. The van der Waals surface area contributed by atoms with Crippen molar-refractivity contribution in [2.45, 2.75) is 18.9 Å². The zero-order chi connectivity index (χ0) is 15.1. The molecule has 3 heterocycles. The highest BCUT2D eigenvalue weighted by Crippen LogP contribution is 2.30. The van der Waals surface area contributed by atoms with Gasteiger partial charge in [0.05, 0.1) is 23.2 Å². The lowest BCUT2D eigenvalue weighted by Crippen LogP contribution is -2.44. The van der Waals surface area contributed by atoms with E-state index in [1.807, 2.05) is 29.2 Å². The maximum Gasteiger partial charge on any atom is 0.145 e. The standard InChI is InChI=1S/C16H19N5O/c17-15-14(16-19-11-3-1-2-4-12(11)20-16)13(22)9-21(15)10-5-7-18-8-6-10/h1-4,10,17-18,22H,5-9H2,(H,19,20). The number of aromatic amines is 1. The number of H-pyrrole nitrogens is 1. The van der Waals surface area contributed by atoms with E-state index in [0.29, 0.717) is 29.8 Å². The largest absolute Gasteiger partial charge is 0.510 e. The smallest absolute Gasteiger partial charge is 0.145 e. The monoisotopic (exact) mass is 297 g/mol. The van der Waals surface area contributed by atoms with Gasteiger partial charge >= 0.3 is 0 Å². The summed E-state index contributed by atoms with van der Waals surface area (Å²) < 4.78 is 0. The molecule has 1 fully saturated rings. The van der Waals surface area contributed by atoms with Gasteiger partial charge in [0.15, 0.2) is 0 Å². The van der Waals surface area contributed by atoms with Crippen LogP contribution < -0.4 is 5.32 Å². The molecule has 114 valence electrons. The van der Waals surface area contributed by atoms with Gasteiger partial charge in [0, 0.05) is 6.04 Å². The van der Waals surface area contributed by atoms with Gasteiger partial charge in [-0.3, -0.25) is 5.41 Å². The van der Waals surface area contributed by atoms with E-state index in [9.17, 15) is 5.11 Å². The minimum absolute atomic E-state index is 0.239. The van der Waals surface area contributed by atoms with Crippen LogP contribution in [0.15, 0.2) is 30.0 Å². The fraction of sp³-hybridized carbons (Fsp3) is 0.375. The van der Waals surface area contributed by atoms with Crippen molar-refractivity contribution >= 4 is 22.4 Å². The van der Waals surface area contributed by atoms with E-state index in [1.165, 1.54) is 0 Å². The quantitative estimate of drug-likeness (QED) is 0.681. The van der Waals surface area contributed by atoms with Crippen molar-refractivity contribution in [1.82, 2.24) is 20.2 Å². The first-order chi connectivity index (χ1) is 10.7. The molecule has 1 aromatic carbocycles. The zero-order valence-corrected chi connectivity index (χ0v) is 12.3. The number of imidazole rings is 1. The van der Waals surface area contributed by atoms with Crippen molar-refractivity contribution in [1.29, 1.82) is 5.41 Å². The highest BCUT2D eigenvalue weighted by Gasteiger charge is 2.34. The average Bonchev–Trinajstić information content (AvgIpc) is 3.08. The molecule has 0 spiro atoms. The lowest BCUT2D eigenvalue weighted by molar-refractivity contribution is 0.249. The lowest BCUT2D eigenvalue weighted by atomic mass is 10.0. The molecule has 1 saturated heterocycles. The van der Waals surface area contributed by atoms with E-state index < -0.39 is 0 Å². The van der Waals surface area contributed by atoms with Crippen LogP contribution in [-0.4, -0.2) is 51.5 Å². The summed E-state index contributed by atoms with van der Waals surface area (Å²) in [6, 6.07) is 8.07. The maximum atomic E-state index is 10.4. The molecule has 0 unspecified atom stereocenters. The Labute approximate surface area is 128 Å². The zero-order valence-electron chi connectivity index (χ0n) is 12.3. The Kier molecular flexibility index (Phi) is 3.11. The molecule has 2 aliphatic rings. The minimum Gasteiger partial charge on any atom is -0.510 e. The summed E-state index contributed by atoms with van der Waals surface area (Å²) in [5, 5.41) is 22.2. The molecule has 0 atom stereocenters. The summed E-state index contributed by atoms with van der Waals surface area (Å²) in [5.74, 6) is 1.20. The van der Waals surface area contributed by atoms with Crippen LogP contribution in [0.3, 0.4) is 0 Å². The van der Waals surface area contributed by atoms with Gasteiger partial charge in [0.25, 0.3) is 0 Å². The van der Waals surface area contributed by atoms with Crippen molar-refractivity contribution < 1.29 is 5.11 Å².